The lowest BCUT2D eigenvalue weighted by Crippen LogP contribution is -2.06. The largest absolute Gasteiger partial charge is 0.500 e. The first-order valence-corrected chi connectivity index (χ1v) is 8.51. The number of fused-ring (bicyclic) bond motifs is 2. The molecule has 0 aliphatic heterocycles. The Kier molecular flexibility index (Phi) is 3.89. The van der Waals surface area contributed by atoms with Crippen molar-refractivity contribution in [1.29, 1.82) is 0 Å². The number of methoxy groups -OCH3 is 2. The molecule has 0 saturated heterocycles. The second-order valence-electron chi connectivity index (χ2n) is 6.44. The Labute approximate surface area is 143 Å². The molecular weight excluding hydrogens is 296 g/mol. The molecule has 24 heavy (non-hydrogen) atoms. The number of benzene rings is 2. The summed E-state index contributed by atoms with van der Waals surface area (Å²) in [5.41, 5.74) is 5.33. The zero-order valence-corrected chi connectivity index (χ0v) is 14.2. The van der Waals surface area contributed by atoms with Crippen LogP contribution in [-0.4, -0.2) is 14.2 Å². The van der Waals surface area contributed by atoms with Crippen LogP contribution >= 0.6 is 0 Å². The molecule has 0 saturated carbocycles. The fraction of sp³-hybridized carbons (Fsp3) is 0.273. The summed E-state index contributed by atoms with van der Waals surface area (Å²) in [5, 5.41) is 0. The molecule has 0 spiro atoms. The lowest BCUT2D eigenvalue weighted by molar-refractivity contribution is 0.252. The molecule has 2 atom stereocenters. The minimum absolute atomic E-state index is 0.345. The van der Waals surface area contributed by atoms with Gasteiger partial charge in [0.15, 0.2) is 0 Å². The normalized spacial score (nSPS) is 20.9. The number of allylic oxidation sites excluding steroid dienone is 2. The van der Waals surface area contributed by atoms with Gasteiger partial charge in [0.25, 0.3) is 0 Å². The lowest BCUT2D eigenvalue weighted by Gasteiger charge is -2.20. The molecule has 0 N–H and O–H groups in total. The molecule has 2 aromatic carbocycles. The zero-order chi connectivity index (χ0) is 16.5. The smallest absolute Gasteiger partial charge is 0.104 e. The molecule has 0 heterocycles. The third kappa shape index (κ3) is 2.43. The van der Waals surface area contributed by atoms with Gasteiger partial charge in [0.05, 0.1) is 14.2 Å². The Morgan fingerprint density at radius 2 is 1.08 bits per heavy atom. The molecule has 2 aromatic rings. The summed E-state index contributed by atoms with van der Waals surface area (Å²) in [7, 11) is 3.55. The van der Waals surface area contributed by atoms with Gasteiger partial charge in [0, 0.05) is 11.8 Å². The van der Waals surface area contributed by atoms with E-state index < -0.39 is 0 Å². The first kappa shape index (κ1) is 15.1. The SMILES string of the molecule is COC1=Cc2ccccc2[C@@H]1CC[C@@H]1C(OC)=Cc2ccccc21. The lowest BCUT2D eigenvalue weighted by atomic mass is 9.88. The van der Waals surface area contributed by atoms with Crippen LogP contribution in [0.25, 0.3) is 12.2 Å². The summed E-state index contributed by atoms with van der Waals surface area (Å²) in [5.74, 6) is 2.84. The molecule has 2 aliphatic rings. The summed E-state index contributed by atoms with van der Waals surface area (Å²) in [6.45, 7) is 0. The van der Waals surface area contributed by atoms with Gasteiger partial charge in [-0.2, -0.15) is 0 Å². The Bertz CT molecular complexity index is 747. The van der Waals surface area contributed by atoms with Crippen LogP contribution in [0.3, 0.4) is 0 Å². The van der Waals surface area contributed by atoms with Crippen LogP contribution in [0.2, 0.25) is 0 Å². The topological polar surface area (TPSA) is 18.5 Å². The highest BCUT2D eigenvalue weighted by molar-refractivity contribution is 5.66. The zero-order valence-electron chi connectivity index (χ0n) is 14.2. The third-order valence-electron chi connectivity index (χ3n) is 5.24. The Morgan fingerprint density at radius 3 is 1.50 bits per heavy atom. The van der Waals surface area contributed by atoms with Crippen molar-refractivity contribution < 1.29 is 9.47 Å². The van der Waals surface area contributed by atoms with Crippen LogP contribution in [-0.2, 0) is 9.47 Å². The average Bonchev–Trinajstić information content (AvgIpc) is 3.17. The molecule has 122 valence electrons. The molecular formula is C22H22O2. The van der Waals surface area contributed by atoms with E-state index in [-0.39, 0.29) is 0 Å². The van der Waals surface area contributed by atoms with E-state index in [0.29, 0.717) is 11.8 Å². The van der Waals surface area contributed by atoms with E-state index in [1.807, 2.05) is 0 Å². The van der Waals surface area contributed by atoms with Crippen LogP contribution in [0.15, 0.2) is 60.0 Å². The molecule has 2 nitrogen and oxygen atoms in total. The van der Waals surface area contributed by atoms with Crippen LogP contribution < -0.4 is 0 Å². The first-order valence-electron chi connectivity index (χ1n) is 8.51. The fourth-order valence-electron chi connectivity index (χ4n) is 4.06. The highest BCUT2D eigenvalue weighted by Gasteiger charge is 2.30. The van der Waals surface area contributed by atoms with Crippen molar-refractivity contribution in [1.82, 2.24) is 0 Å². The Morgan fingerprint density at radius 1 is 0.667 bits per heavy atom. The minimum atomic E-state index is 0.345. The van der Waals surface area contributed by atoms with Gasteiger partial charge in [-0.25, -0.2) is 0 Å². The molecule has 0 radical (unpaired) electrons. The van der Waals surface area contributed by atoms with Crippen molar-refractivity contribution in [3.8, 4) is 0 Å². The van der Waals surface area contributed by atoms with Crippen molar-refractivity contribution in [2.24, 2.45) is 0 Å². The van der Waals surface area contributed by atoms with E-state index in [4.69, 9.17) is 9.47 Å². The van der Waals surface area contributed by atoms with E-state index in [1.54, 1.807) is 14.2 Å². The van der Waals surface area contributed by atoms with Gasteiger partial charge in [-0.3, -0.25) is 0 Å². The maximum Gasteiger partial charge on any atom is 0.104 e. The number of rotatable bonds is 5. The standard InChI is InChI=1S/C22H22O2/c1-23-21-13-15-7-3-5-9-17(15)19(21)11-12-20-18-10-6-4-8-16(18)14-22(20)24-2/h3-10,13-14,19-20H,11-12H2,1-2H3/t19-,20-/m0/s1. The van der Waals surface area contributed by atoms with Gasteiger partial charge in [-0.1, -0.05) is 48.5 Å². The molecule has 0 aromatic heterocycles. The van der Waals surface area contributed by atoms with Crippen molar-refractivity contribution in [3.05, 3.63) is 82.3 Å². The second-order valence-corrected chi connectivity index (χ2v) is 6.44. The van der Waals surface area contributed by atoms with Crippen LogP contribution in [0.1, 0.15) is 46.9 Å². The molecule has 4 rings (SSSR count). The van der Waals surface area contributed by atoms with Gasteiger partial charge >= 0.3 is 0 Å². The fourth-order valence-corrected chi connectivity index (χ4v) is 4.06. The maximum atomic E-state index is 5.66. The number of ether oxygens (including phenoxy) is 2. The molecule has 0 unspecified atom stereocenters. The van der Waals surface area contributed by atoms with Gasteiger partial charge < -0.3 is 9.47 Å². The maximum absolute atomic E-state index is 5.66. The van der Waals surface area contributed by atoms with Crippen LogP contribution in [0.5, 0.6) is 0 Å². The quantitative estimate of drug-likeness (QED) is 0.741. The first-order chi connectivity index (χ1) is 11.8. The Balaban J connectivity index is 1.57. The number of hydrogen-bond acceptors (Lipinski definition) is 2. The molecule has 2 heteroatoms. The monoisotopic (exact) mass is 318 g/mol. The van der Waals surface area contributed by atoms with E-state index in [0.717, 1.165) is 24.4 Å². The van der Waals surface area contributed by atoms with E-state index in [9.17, 15) is 0 Å². The second kappa shape index (κ2) is 6.20. The summed E-state index contributed by atoms with van der Waals surface area (Å²) < 4.78 is 11.3. The summed E-state index contributed by atoms with van der Waals surface area (Å²) >= 11 is 0. The predicted molar refractivity (Wildman–Crippen MR) is 97.6 cm³/mol. The van der Waals surface area contributed by atoms with E-state index >= 15 is 0 Å². The van der Waals surface area contributed by atoms with E-state index in [1.165, 1.54) is 22.3 Å². The van der Waals surface area contributed by atoms with Crippen molar-refractivity contribution in [2.45, 2.75) is 24.7 Å². The minimum Gasteiger partial charge on any atom is -0.500 e. The third-order valence-corrected chi connectivity index (χ3v) is 5.24. The van der Waals surface area contributed by atoms with Crippen LogP contribution in [0, 0.1) is 0 Å². The highest BCUT2D eigenvalue weighted by Crippen LogP contribution is 2.45. The van der Waals surface area contributed by atoms with Crippen molar-refractivity contribution in [2.75, 3.05) is 14.2 Å². The van der Waals surface area contributed by atoms with Crippen molar-refractivity contribution >= 4 is 12.2 Å². The van der Waals surface area contributed by atoms with Gasteiger partial charge in [-0.05, 0) is 47.2 Å². The predicted octanol–water partition coefficient (Wildman–Crippen LogP) is 5.34. The van der Waals surface area contributed by atoms with Crippen LogP contribution in [0.4, 0.5) is 0 Å². The van der Waals surface area contributed by atoms with Crippen molar-refractivity contribution in [3.63, 3.8) is 0 Å². The summed E-state index contributed by atoms with van der Waals surface area (Å²) in [6.07, 6.45) is 6.46. The van der Waals surface area contributed by atoms with Gasteiger partial charge in [0.2, 0.25) is 0 Å². The molecule has 0 bridgehead atoms. The number of hydrogen-bond donors (Lipinski definition) is 0. The molecule has 0 fully saturated rings. The Hall–Kier alpha value is -2.48. The van der Waals surface area contributed by atoms with Gasteiger partial charge in [-0.15, -0.1) is 0 Å². The molecule has 2 aliphatic carbocycles. The van der Waals surface area contributed by atoms with E-state index in [2.05, 4.69) is 60.7 Å². The highest BCUT2D eigenvalue weighted by atomic mass is 16.5. The summed E-state index contributed by atoms with van der Waals surface area (Å²) in [6, 6.07) is 17.2. The summed E-state index contributed by atoms with van der Waals surface area (Å²) in [4.78, 5) is 0. The average molecular weight is 318 g/mol. The molecule has 0 amide bonds. The van der Waals surface area contributed by atoms with Gasteiger partial charge in [0.1, 0.15) is 11.5 Å².